The molecule has 4 saturated carbocycles. The van der Waals surface area contributed by atoms with Crippen molar-refractivity contribution >= 4 is 45.0 Å². The third kappa shape index (κ3) is 4.65. The first-order chi connectivity index (χ1) is 18.9. The number of aromatic nitrogens is 2. The van der Waals surface area contributed by atoms with E-state index in [1.807, 2.05) is 12.4 Å². The SMILES string of the molecule is C[Si](C)(C)c1cc(C(P)(c2cccnc2)c2cccnc2)c(C23CC4CC(CC(C4)C2CP)C3)cc1[Si](C)(C)C. The number of nitrogens with zero attached hydrogens (tertiary/aromatic N) is 2. The zero-order valence-electron chi connectivity index (χ0n) is 25.4. The smallest absolute Gasteiger partial charge is 0.0774 e. The molecule has 4 bridgehead atoms. The van der Waals surface area contributed by atoms with Crippen LogP contribution in [-0.2, 0) is 10.6 Å². The van der Waals surface area contributed by atoms with Gasteiger partial charge in [0, 0.05) is 24.8 Å². The van der Waals surface area contributed by atoms with Gasteiger partial charge < -0.3 is 0 Å². The van der Waals surface area contributed by atoms with Crippen molar-refractivity contribution in [3.05, 3.63) is 83.4 Å². The van der Waals surface area contributed by atoms with Gasteiger partial charge in [-0.05, 0) is 102 Å². The van der Waals surface area contributed by atoms with Gasteiger partial charge in [-0.15, -0.1) is 18.5 Å². The molecule has 6 heteroatoms. The zero-order valence-corrected chi connectivity index (χ0v) is 29.7. The lowest BCUT2D eigenvalue weighted by atomic mass is 9.43. The van der Waals surface area contributed by atoms with Crippen LogP contribution < -0.4 is 10.4 Å². The number of hydrogen-bond donors (Lipinski definition) is 0. The Morgan fingerprint density at radius 1 is 0.825 bits per heavy atom. The molecule has 3 aromatic rings. The number of pyridine rings is 2. The molecule has 2 nitrogen and oxygen atoms in total. The van der Waals surface area contributed by atoms with Crippen molar-refractivity contribution in [3.63, 3.8) is 0 Å². The Morgan fingerprint density at radius 3 is 1.80 bits per heavy atom. The molecule has 4 fully saturated rings. The first-order valence-electron chi connectivity index (χ1n) is 15.4. The second-order valence-electron chi connectivity index (χ2n) is 15.3. The summed E-state index contributed by atoms with van der Waals surface area (Å²) in [5, 5.41) is 2.98. The molecule has 2 heterocycles. The third-order valence-electron chi connectivity index (χ3n) is 10.7. The van der Waals surface area contributed by atoms with Gasteiger partial charge in [-0.3, -0.25) is 9.97 Å². The zero-order chi connectivity index (χ0) is 28.5. The van der Waals surface area contributed by atoms with Crippen molar-refractivity contribution in [2.24, 2.45) is 23.7 Å². The fraction of sp³-hybridized carbons (Fsp3) is 0.529. The standard InChI is InChI=1S/C34H48N2P2Si2/c1-39(2,3)31-16-28(33-18-23-13-24(19-33)15-25(14-23)30(33)22-37)29(17-32(31)40(4,5)6)34(38,26-9-7-11-35-20-26)27-10-8-12-36-21-27/h7-12,16-17,20-21,23-25,30H,13-15,18-19,22,37-38H2,1-6H3. The Labute approximate surface area is 249 Å². The summed E-state index contributed by atoms with van der Waals surface area (Å²) in [6, 6.07) is 14.3. The largest absolute Gasteiger partial charge is 0.264 e. The monoisotopic (exact) mass is 602 g/mol. The van der Waals surface area contributed by atoms with E-state index in [9.17, 15) is 0 Å². The van der Waals surface area contributed by atoms with E-state index in [0.717, 1.165) is 23.7 Å². The topological polar surface area (TPSA) is 25.8 Å². The molecular formula is C34H48N2P2Si2. The van der Waals surface area contributed by atoms with E-state index >= 15 is 0 Å². The van der Waals surface area contributed by atoms with Crippen LogP contribution in [0.3, 0.4) is 0 Å². The molecule has 5 atom stereocenters. The summed E-state index contributed by atoms with van der Waals surface area (Å²) in [5.41, 5.74) is 5.90. The molecule has 212 valence electrons. The van der Waals surface area contributed by atoms with Crippen LogP contribution in [0, 0.1) is 23.7 Å². The van der Waals surface area contributed by atoms with E-state index in [1.165, 1.54) is 55.0 Å². The molecule has 4 aliphatic rings. The molecule has 2 aromatic heterocycles. The fourth-order valence-corrected chi connectivity index (χ4v) is 15.8. The van der Waals surface area contributed by atoms with Crippen molar-refractivity contribution in [3.8, 4) is 0 Å². The van der Waals surface area contributed by atoms with Gasteiger partial charge in [-0.25, -0.2) is 0 Å². The summed E-state index contributed by atoms with van der Waals surface area (Å²) in [7, 11) is 3.32. The molecule has 7 rings (SSSR count). The molecule has 0 radical (unpaired) electrons. The first kappa shape index (κ1) is 28.9. The number of benzene rings is 1. The molecule has 0 saturated heterocycles. The third-order valence-corrected chi connectivity index (χ3v) is 16.5. The summed E-state index contributed by atoms with van der Waals surface area (Å²) in [4.78, 5) is 9.32. The average molecular weight is 603 g/mol. The van der Waals surface area contributed by atoms with Crippen LogP contribution >= 0.6 is 18.5 Å². The molecule has 0 spiro atoms. The summed E-state index contributed by atoms with van der Waals surface area (Å²) in [6.07, 6.45) is 16.3. The Balaban J connectivity index is 1.73. The highest BCUT2D eigenvalue weighted by Gasteiger charge is 2.58. The highest BCUT2D eigenvalue weighted by Crippen LogP contribution is 2.65. The van der Waals surface area contributed by atoms with Gasteiger partial charge in [-0.1, -0.05) is 73.9 Å². The van der Waals surface area contributed by atoms with Crippen molar-refractivity contribution in [1.82, 2.24) is 9.97 Å². The van der Waals surface area contributed by atoms with E-state index in [0.29, 0.717) is 0 Å². The van der Waals surface area contributed by atoms with Crippen LogP contribution in [0.2, 0.25) is 39.3 Å². The van der Waals surface area contributed by atoms with Crippen molar-refractivity contribution in [2.45, 2.75) is 82.0 Å². The van der Waals surface area contributed by atoms with Gasteiger partial charge in [0.1, 0.15) is 0 Å². The Hall–Kier alpha value is -1.19. The minimum absolute atomic E-state index is 0.254. The fourth-order valence-electron chi connectivity index (χ4n) is 9.23. The lowest BCUT2D eigenvalue weighted by Crippen LogP contribution is -2.60. The van der Waals surface area contributed by atoms with Gasteiger partial charge in [0.15, 0.2) is 0 Å². The molecular weight excluding hydrogens is 555 g/mol. The van der Waals surface area contributed by atoms with Gasteiger partial charge in [-0.2, -0.15) is 0 Å². The molecule has 0 N–H and O–H groups in total. The normalized spacial score (nSPS) is 28.2. The predicted octanol–water partition coefficient (Wildman–Crippen LogP) is 7.30. The second-order valence-corrected chi connectivity index (χ2v) is 26.8. The quantitative estimate of drug-likeness (QED) is 0.210. The van der Waals surface area contributed by atoms with E-state index in [2.05, 4.69) is 117 Å². The molecule has 0 aliphatic heterocycles. The minimum Gasteiger partial charge on any atom is -0.264 e. The first-order valence-corrected chi connectivity index (χ1v) is 23.8. The molecule has 1 aromatic carbocycles. The summed E-state index contributed by atoms with van der Waals surface area (Å²) in [5.74, 6) is 3.40. The van der Waals surface area contributed by atoms with Crippen LogP contribution in [0.4, 0.5) is 0 Å². The van der Waals surface area contributed by atoms with Crippen LogP contribution in [0.1, 0.15) is 54.4 Å². The Kier molecular flexibility index (Phi) is 7.39. The van der Waals surface area contributed by atoms with Crippen LogP contribution in [-0.4, -0.2) is 32.3 Å². The Morgan fingerprint density at radius 2 is 1.35 bits per heavy atom. The molecule has 0 amide bonds. The Bertz CT molecular complexity index is 1330. The van der Waals surface area contributed by atoms with E-state index in [4.69, 9.17) is 0 Å². The number of hydrogen-bond acceptors (Lipinski definition) is 2. The molecule has 5 unspecified atom stereocenters. The van der Waals surface area contributed by atoms with Gasteiger partial charge >= 0.3 is 0 Å². The van der Waals surface area contributed by atoms with Gasteiger partial charge in [0.25, 0.3) is 0 Å². The summed E-state index contributed by atoms with van der Waals surface area (Å²) >= 11 is 0. The summed E-state index contributed by atoms with van der Waals surface area (Å²) in [6.45, 7) is 15.3. The van der Waals surface area contributed by atoms with Crippen molar-refractivity contribution in [2.75, 3.05) is 6.16 Å². The van der Waals surface area contributed by atoms with Crippen molar-refractivity contribution < 1.29 is 0 Å². The average Bonchev–Trinajstić information content (AvgIpc) is 2.91. The maximum Gasteiger partial charge on any atom is 0.0774 e. The minimum atomic E-state index is -1.65. The maximum atomic E-state index is 4.66. The number of rotatable bonds is 7. The van der Waals surface area contributed by atoms with E-state index < -0.39 is 21.3 Å². The maximum absolute atomic E-state index is 4.66. The van der Waals surface area contributed by atoms with Crippen LogP contribution in [0.25, 0.3) is 0 Å². The second kappa shape index (κ2) is 10.2. The molecule has 4 aliphatic carbocycles. The van der Waals surface area contributed by atoms with Crippen molar-refractivity contribution in [1.29, 1.82) is 0 Å². The molecule has 40 heavy (non-hydrogen) atoms. The lowest BCUT2D eigenvalue weighted by molar-refractivity contribution is -0.0521. The highest BCUT2D eigenvalue weighted by molar-refractivity contribution is 7.19. The van der Waals surface area contributed by atoms with Gasteiger partial charge in [0.2, 0.25) is 0 Å². The highest BCUT2D eigenvalue weighted by atomic mass is 31.0. The summed E-state index contributed by atoms with van der Waals surface area (Å²) < 4.78 is 0. The van der Waals surface area contributed by atoms with E-state index in [-0.39, 0.29) is 5.41 Å². The predicted molar refractivity (Wildman–Crippen MR) is 184 cm³/mol. The van der Waals surface area contributed by atoms with Crippen LogP contribution in [0.5, 0.6) is 0 Å². The van der Waals surface area contributed by atoms with Crippen LogP contribution in [0.15, 0.2) is 61.2 Å². The lowest BCUT2D eigenvalue weighted by Gasteiger charge is -2.62. The van der Waals surface area contributed by atoms with E-state index in [1.54, 1.807) is 15.9 Å². The van der Waals surface area contributed by atoms with Gasteiger partial charge in [0.05, 0.1) is 21.3 Å².